The lowest BCUT2D eigenvalue weighted by molar-refractivity contribution is -0.138. The number of hydrogen-bond donors (Lipinski definition) is 2. The van der Waals surface area contributed by atoms with Crippen LogP contribution in [0.2, 0.25) is 0 Å². The molecule has 6 heteroatoms. The van der Waals surface area contributed by atoms with Gasteiger partial charge in [0.1, 0.15) is 0 Å². The Kier molecular flexibility index (Phi) is 7.50. The van der Waals surface area contributed by atoms with E-state index in [4.69, 9.17) is 5.11 Å². The average molecular weight is 299 g/mol. The van der Waals surface area contributed by atoms with Crippen molar-refractivity contribution in [1.29, 1.82) is 0 Å². The zero-order chi connectivity index (χ0) is 15.8. The number of piperidine rings is 1. The van der Waals surface area contributed by atoms with Crippen LogP contribution in [-0.2, 0) is 4.79 Å². The van der Waals surface area contributed by atoms with Gasteiger partial charge in [-0.1, -0.05) is 0 Å². The molecule has 1 atom stereocenters. The minimum Gasteiger partial charge on any atom is -0.481 e. The maximum absolute atomic E-state index is 12.2. The number of hydrogen-bond acceptors (Lipinski definition) is 3. The van der Waals surface area contributed by atoms with Crippen LogP contribution in [0.5, 0.6) is 0 Å². The highest BCUT2D eigenvalue weighted by molar-refractivity contribution is 5.76. The van der Waals surface area contributed by atoms with Crippen LogP contribution in [0.4, 0.5) is 4.79 Å². The lowest BCUT2D eigenvalue weighted by Gasteiger charge is -2.35. The Hall–Kier alpha value is -1.30. The van der Waals surface area contributed by atoms with E-state index in [0.29, 0.717) is 19.1 Å². The molecule has 0 spiro atoms. The summed E-state index contributed by atoms with van der Waals surface area (Å²) < 4.78 is 0. The van der Waals surface area contributed by atoms with E-state index in [1.807, 2.05) is 0 Å². The van der Waals surface area contributed by atoms with Crippen molar-refractivity contribution < 1.29 is 14.7 Å². The molecule has 0 saturated carbocycles. The lowest BCUT2D eigenvalue weighted by Crippen LogP contribution is -2.49. The van der Waals surface area contributed by atoms with Crippen LogP contribution in [0.25, 0.3) is 0 Å². The molecule has 0 aromatic rings. The molecule has 0 aromatic carbocycles. The van der Waals surface area contributed by atoms with E-state index < -0.39 is 5.97 Å². The number of nitrogens with one attached hydrogen (secondary N) is 1. The maximum Gasteiger partial charge on any atom is 0.317 e. The van der Waals surface area contributed by atoms with Crippen molar-refractivity contribution in [2.24, 2.45) is 0 Å². The normalized spacial score (nSPS) is 19.1. The Morgan fingerprint density at radius 3 is 2.71 bits per heavy atom. The van der Waals surface area contributed by atoms with Crippen molar-refractivity contribution in [3.8, 4) is 0 Å². The number of carboxylic acids is 1. The number of likely N-dealkylation sites (tertiary alicyclic amines) is 1. The van der Waals surface area contributed by atoms with E-state index in [1.54, 1.807) is 4.90 Å². The van der Waals surface area contributed by atoms with Gasteiger partial charge in [0, 0.05) is 25.2 Å². The topological polar surface area (TPSA) is 72.9 Å². The second-order valence-electron chi connectivity index (χ2n) is 6.10. The summed E-state index contributed by atoms with van der Waals surface area (Å²) in [5.41, 5.74) is 0. The van der Waals surface area contributed by atoms with E-state index in [-0.39, 0.29) is 18.5 Å². The molecule has 0 aliphatic carbocycles. The molecular weight excluding hydrogens is 270 g/mol. The summed E-state index contributed by atoms with van der Waals surface area (Å²) in [4.78, 5) is 27.0. The molecule has 1 saturated heterocycles. The second kappa shape index (κ2) is 8.87. The summed E-state index contributed by atoms with van der Waals surface area (Å²) in [7, 11) is 2.07. The molecule has 2 N–H and O–H groups in total. The second-order valence-corrected chi connectivity index (χ2v) is 6.10. The fourth-order valence-electron chi connectivity index (χ4n) is 2.57. The third-order valence-electron chi connectivity index (χ3n) is 4.14. The fourth-order valence-corrected chi connectivity index (χ4v) is 2.57. The molecule has 2 amide bonds. The predicted molar refractivity (Wildman–Crippen MR) is 82.4 cm³/mol. The van der Waals surface area contributed by atoms with Crippen LogP contribution < -0.4 is 5.32 Å². The number of aliphatic carboxylic acids is 1. The molecule has 6 nitrogen and oxygen atoms in total. The first kappa shape index (κ1) is 17.8. The number of carbonyl (C=O) groups is 2. The van der Waals surface area contributed by atoms with Crippen LogP contribution in [0.1, 0.15) is 46.0 Å². The highest BCUT2D eigenvalue weighted by Gasteiger charge is 2.28. The number of amides is 2. The van der Waals surface area contributed by atoms with Gasteiger partial charge in [-0.15, -0.1) is 0 Å². The number of carbonyl (C=O) groups excluding carboxylic acids is 1. The van der Waals surface area contributed by atoms with E-state index in [0.717, 1.165) is 32.2 Å². The Bertz CT molecular complexity index is 347. The van der Waals surface area contributed by atoms with Gasteiger partial charge in [0.2, 0.25) is 0 Å². The molecule has 1 rings (SSSR count). The average Bonchev–Trinajstić information content (AvgIpc) is 2.42. The summed E-state index contributed by atoms with van der Waals surface area (Å²) in [6.07, 6.45) is 3.69. The lowest BCUT2D eigenvalue weighted by atomic mass is 10.00. The van der Waals surface area contributed by atoms with Crippen molar-refractivity contribution in [2.75, 3.05) is 26.7 Å². The fraction of sp³-hybridized carbons (Fsp3) is 0.867. The first-order chi connectivity index (χ1) is 9.91. The Labute approximate surface area is 127 Å². The minimum atomic E-state index is -0.835. The first-order valence-corrected chi connectivity index (χ1v) is 7.88. The molecule has 1 unspecified atom stereocenters. The van der Waals surface area contributed by atoms with Crippen molar-refractivity contribution in [2.45, 2.75) is 58.0 Å². The van der Waals surface area contributed by atoms with Crippen molar-refractivity contribution >= 4 is 12.0 Å². The van der Waals surface area contributed by atoms with Gasteiger partial charge in [0.15, 0.2) is 0 Å². The standard InChI is InChI=1S/C15H29N3O3/c1-12(2)17(3)9-6-8-16-15(21)18-10-5-4-7-13(18)11-14(19)20/h12-13H,4-11H2,1-3H3,(H,16,21)(H,19,20). The molecule has 21 heavy (non-hydrogen) atoms. The van der Waals surface area contributed by atoms with Crippen molar-refractivity contribution in [3.63, 3.8) is 0 Å². The zero-order valence-corrected chi connectivity index (χ0v) is 13.5. The molecule has 1 fully saturated rings. The molecule has 0 radical (unpaired) electrons. The molecule has 0 aromatic heterocycles. The third-order valence-corrected chi connectivity index (χ3v) is 4.14. The SMILES string of the molecule is CC(C)N(C)CCCNC(=O)N1CCCCC1CC(=O)O. The highest BCUT2D eigenvalue weighted by atomic mass is 16.4. The van der Waals surface area contributed by atoms with Gasteiger partial charge in [-0.3, -0.25) is 4.79 Å². The Morgan fingerprint density at radius 2 is 2.10 bits per heavy atom. The Balaban J connectivity index is 2.33. The summed E-state index contributed by atoms with van der Waals surface area (Å²) in [5.74, 6) is -0.835. The van der Waals surface area contributed by atoms with Crippen LogP contribution in [0, 0.1) is 0 Å². The van der Waals surface area contributed by atoms with Gasteiger partial charge >= 0.3 is 12.0 Å². The quantitative estimate of drug-likeness (QED) is 0.703. The van der Waals surface area contributed by atoms with E-state index in [1.165, 1.54) is 0 Å². The highest BCUT2D eigenvalue weighted by Crippen LogP contribution is 2.19. The van der Waals surface area contributed by atoms with E-state index in [2.05, 4.69) is 31.1 Å². The first-order valence-electron chi connectivity index (χ1n) is 7.88. The van der Waals surface area contributed by atoms with Crippen LogP contribution in [0.3, 0.4) is 0 Å². The largest absolute Gasteiger partial charge is 0.481 e. The van der Waals surface area contributed by atoms with Crippen LogP contribution >= 0.6 is 0 Å². The van der Waals surface area contributed by atoms with Crippen LogP contribution in [-0.4, -0.2) is 65.7 Å². The number of nitrogens with zero attached hydrogens (tertiary/aromatic N) is 2. The van der Waals surface area contributed by atoms with Gasteiger partial charge in [-0.2, -0.15) is 0 Å². The van der Waals surface area contributed by atoms with E-state index >= 15 is 0 Å². The Morgan fingerprint density at radius 1 is 1.38 bits per heavy atom. The summed E-state index contributed by atoms with van der Waals surface area (Å²) in [5, 5.41) is 11.8. The van der Waals surface area contributed by atoms with Gasteiger partial charge in [0.05, 0.1) is 6.42 Å². The summed E-state index contributed by atoms with van der Waals surface area (Å²) >= 11 is 0. The molecule has 1 aliphatic rings. The van der Waals surface area contributed by atoms with Gasteiger partial charge < -0.3 is 20.2 Å². The molecule has 0 bridgehead atoms. The van der Waals surface area contributed by atoms with Gasteiger partial charge in [-0.25, -0.2) is 4.79 Å². The molecule has 122 valence electrons. The predicted octanol–water partition coefficient (Wildman–Crippen LogP) is 1.76. The third kappa shape index (κ3) is 6.33. The molecule has 1 aliphatic heterocycles. The maximum atomic E-state index is 12.2. The minimum absolute atomic E-state index is 0.0451. The van der Waals surface area contributed by atoms with Crippen LogP contribution in [0.15, 0.2) is 0 Å². The number of carboxylic acid groups (broad SMARTS) is 1. The van der Waals surface area contributed by atoms with E-state index in [9.17, 15) is 9.59 Å². The van der Waals surface area contributed by atoms with Gasteiger partial charge in [0.25, 0.3) is 0 Å². The smallest absolute Gasteiger partial charge is 0.317 e. The molecular formula is C15H29N3O3. The molecule has 1 heterocycles. The summed E-state index contributed by atoms with van der Waals surface area (Å²) in [6, 6.07) is 0.227. The zero-order valence-electron chi connectivity index (χ0n) is 13.5. The number of urea groups is 1. The number of rotatable bonds is 7. The van der Waals surface area contributed by atoms with Crippen molar-refractivity contribution in [3.05, 3.63) is 0 Å². The monoisotopic (exact) mass is 299 g/mol. The summed E-state index contributed by atoms with van der Waals surface area (Å²) in [6.45, 7) is 6.52. The van der Waals surface area contributed by atoms with Crippen molar-refractivity contribution in [1.82, 2.24) is 15.1 Å². The van der Waals surface area contributed by atoms with Gasteiger partial charge in [-0.05, 0) is 53.1 Å².